The molecule has 2 aromatic rings. The molecular weight excluding hydrogens is 417 g/mol. The van der Waals surface area contributed by atoms with Crippen molar-refractivity contribution < 1.29 is 19.1 Å². The number of carbonyl (C=O) groups excluding carboxylic acids is 2. The van der Waals surface area contributed by atoms with Gasteiger partial charge in [0.2, 0.25) is 0 Å². The van der Waals surface area contributed by atoms with Crippen molar-refractivity contribution in [2.45, 2.75) is 64.0 Å². The zero-order valence-corrected chi connectivity index (χ0v) is 19.3. The second-order valence-electron chi connectivity index (χ2n) is 11.0. The van der Waals surface area contributed by atoms with Gasteiger partial charge in [-0.05, 0) is 92.0 Å². The number of rotatable bonds is 6. The molecule has 2 aromatic carbocycles. The summed E-state index contributed by atoms with van der Waals surface area (Å²) in [6, 6.07) is 11.2. The number of halogens is 1. The number of benzene rings is 2. The Bertz CT molecular complexity index is 1080. The zero-order valence-electron chi connectivity index (χ0n) is 19.3. The van der Waals surface area contributed by atoms with Gasteiger partial charge in [-0.1, -0.05) is 32.0 Å². The molecule has 6 rings (SSSR count). The lowest BCUT2D eigenvalue weighted by molar-refractivity contribution is -0.136. The Morgan fingerprint density at radius 3 is 2.39 bits per heavy atom. The van der Waals surface area contributed by atoms with Crippen molar-refractivity contribution in [3.63, 3.8) is 0 Å². The van der Waals surface area contributed by atoms with Crippen molar-refractivity contribution in [3.8, 4) is 0 Å². The van der Waals surface area contributed by atoms with Crippen molar-refractivity contribution >= 4 is 11.7 Å². The fourth-order valence-electron chi connectivity index (χ4n) is 6.81. The van der Waals surface area contributed by atoms with Crippen LogP contribution in [-0.2, 0) is 6.42 Å². The first kappa shape index (κ1) is 22.3. The molecule has 0 aliphatic heterocycles. The second kappa shape index (κ2) is 8.35. The highest BCUT2D eigenvalue weighted by Gasteiger charge is 2.55. The van der Waals surface area contributed by atoms with Gasteiger partial charge >= 0.3 is 0 Å². The lowest BCUT2D eigenvalue weighted by Gasteiger charge is -2.58. The summed E-state index contributed by atoms with van der Waals surface area (Å²) in [6.07, 6.45) is 5.29. The maximum absolute atomic E-state index is 14.2. The van der Waals surface area contributed by atoms with Crippen LogP contribution in [0.3, 0.4) is 0 Å². The Labute approximate surface area is 194 Å². The minimum Gasteiger partial charge on any atom is -0.390 e. The molecular formula is C28H32FNO3. The van der Waals surface area contributed by atoms with E-state index in [-0.39, 0.29) is 23.3 Å². The molecule has 0 radical (unpaired) electrons. The molecule has 4 aliphatic carbocycles. The molecule has 2 N–H and O–H groups in total. The van der Waals surface area contributed by atoms with E-state index in [9.17, 15) is 19.1 Å². The Morgan fingerprint density at radius 1 is 1.06 bits per heavy atom. The molecule has 5 heteroatoms. The summed E-state index contributed by atoms with van der Waals surface area (Å²) < 4.78 is 14.2. The first-order valence-corrected chi connectivity index (χ1v) is 12.2. The van der Waals surface area contributed by atoms with Crippen molar-refractivity contribution in [2.24, 2.45) is 23.7 Å². The Hall–Kier alpha value is -2.53. The van der Waals surface area contributed by atoms with Crippen molar-refractivity contribution in [3.05, 3.63) is 70.5 Å². The third-order valence-electron chi connectivity index (χ3n) is 7.90. The fourth-order valence-corrected chi connectivity index (χ4v) is 6.81. The Kier molecular flexibility index (Phi) is 5.64. The molecule has 33 heavy (non-hydrogen) atoms. The molecule has 0 heterocycles. The molecule has 174 valence electrons. The summed E-state index contributed by atoms with van der Waals surface area (Å²) in [4.78, 5) is 26.3. The van der Waals surface area contributed by atoms with E-state index in [1.165, 1.54) is 12.1 Å². The number of ketones is 1. The van der Waals surface area contributed by atoms with Crippen LogP contribution in [0.2, 0.25) is 0 Å². The summed E-state index contributed by atoms with van der Waals surface area (Å²) in [5.74, 6) is 0.519. The van der Waals surface area contributed by atoms with Gasteiger partial charge in [0.15, 0.2) is 5.78 Å². The van der Waals surface area contributed by atoms with E-state index in [0.717, 1.165) is 37.7 Å². The van der Waals surface area contributed by atoms with Crippen LogP contribution >= 0.6 is 0 Å². The van der Waals surface area contributed by atoms with E-state index in [4.69, 9.17) is 0 Å². The summed E-state index contributed by atoms with van der Waals surface area (Å²) in [5.41, 5.74) is 1.30. The average molecular weight is 450 g/mol. The summed E-state index contributed by atoms with van der Waals surface area (Å²) >= 11 is 0. The maximum atomic E-state index is 14.2. The van der Waals surface area contributed by atoms with E-state index in [0.29, 0.717) is 41.2 Å². The minimum absolute atomic E-state index is 0.0386. The molecule has 0 aromatic heterocycles. The van der Waals surface area contributed by atoms with Crippen LogP contribution in [0.1, 0.15) is 77.8 Å². The molecule has 1 amide bonds. The minimum atomic E-state index is -0.543. The molecule has 4 nitrogen and oxygen atoms in total. The van der Waals surface area contributed by atoms with Crippen molar-refractivity contribution in [1.29, 1.82) is 0 Å². The topological polar surface area (TPSA) is 66.4 Å². The van der Waals surface area contributed by atoms with E-state index < -0.39 is 11.4 Å². The summed E-state index contributed by atoms with van der Waals surface area (Å²) in [6.45, 7) is 4.15. The quantitative estimate of drug-likeness (QED) is 0.615. The fraction of sp³-hybridized carbons (Fsp3) is 0.500. The highest BCUT2D eigenvalue weighted by Crippen LogP contribution is 2.55. The van der Waals surface area contributed by atoms with Crippen LogP contribution in [0.25, 0.3) is 0 Å². The standard InChI is InChI=1S/C28H32FNO3/c1-16(2)9-19-12-18(26(31)23-5-3-4-6-24(23)29)7-8-22(19)27(32)30-25-20-10-17-11-21(25)15-28(33,13-17)14-20/h3-8,12,16-17,20-21,25,33H,9-11,13-15H2,1-2H3,(H,30,32)/t17?,20?,21?,25-,28-. The molecule has 4 saturated carbocycles. The predicted octanol–water partition coefficient (Wildman–Crippen LogP) is 4.92. The normalized spacial score (nSPS) is 30.0. The second-order valence-corrected chi connectivity index (χ2v) is 11.0. The van der Waals surface area contributed by atoms with Crippen molar-refractivity contribution in [2.75, 3.05) is 0 Å². The van der Waals surface area contributed by atoms with Gasteiger partial charge in [0.1, 0.15) is 5.82 Å². The summed E-state index contributed by atoms with van der Waals surface area (Å²) in [7, 11) is 0. The highest BCUT2D eigenvalue weighted by molar-refractivity contribution is 6.10. The predicted molar refractivity (Wildman–Crippen MR) is 125 cm³/mol. The lowest BCUT2D eigenvalue weighted by atomic mass is 9.52. The van der Waals surface area contributed by atoms with Gasteiger partial charge in [0.25, 0.3) is 5.91 Å². The van der Waals surface area contributed by atoms with Crippen molar-refractivity contribution in [1.82, 2.24) is 5.32 Å². The molecule has 2 unspecified atom stereocenters. The zero-order chi connectivity index (χ0) is 23.3. The molecule has 2 atom stereocenters. The third kappa shape index (κ3) is 4.23. The Morgan fingerprint density at radius 2 is 1.76 bits per heavy atom. The number of carbonyl (C=O) groups is 2. The number of amides is 1. The number of hydrogen-bond acceptors (Lipinski definition) is 3. The monoisotopic (exact) mass is 449 g/mol. The third-order valence-corrected chi connectivity index (χ3v) is 7.90. The molecule has 4 fully saturated rings. The first-order valence-electron chi connectivity index (χ1n) is 12.2. The largest absolute Gasteiger partial charge is 0.390 e. The maximum Gasteiger partial charge on any atom is 0.251 e. The summed E-state index contributed by atoms with van der Waals surface area (Å²) in [5, 5.41) is 14.1. The van der Waals surface area contributed by atoms with Gasteiger partial charge in [-0.3, -0.25) is 9.59 Å². The van der Waals surface area contributed by atoms with Crippen LogP contribution < -0.4 is 5.32 Å². The van der Waals surface area contributed by atoms with Crippen LogP contribution in [0.15, 0.2) is 42.5 Å². The van der Waals surface area contributed by atoms with E-state index in [1.54, 1.807) is 30.3 Å². The van der Waals surface area contributed by atoms with E-state index >= 15 is 0 Å². The molecule has 0 spiro atoms. The van der Waals surface area contributed by atoms with Gasteiger partial charge in [0, 0.05) is 17.2 Å². The number of hydrogen-bond donors (Lipinski definition) is 2. The smallest absolute Gasteiger partial charge is 0.251 e. The SMILES string of the molecule is CC(C)Cc1cc(C(=O)c2ccccc2F)ccc1C(=O)N[C@H]1C2CC3CC1C[C@](O)(C3)C2. The van der Waals surface area contributed by atoms with Gasteiger partial charge in [-0.15, -0.1) is 0 Å². The van der Waals surface area contributed by atoms with Crippen LogP contribution in [0.5, 0.6) is 0 Å². The molecule has 0 saturated heterocycles. The van der Waals surface area contributed by atoms with Gasteiger partial charge in [-0.25, -0.2) is 4.39 Å². The Balaban J connectivity index is 1.40. The number of aliphatic hydroxyl groups is 1. The van der Waals surface area contributed by atoms with Gasteiger partial charge < -0.3 is 10.4 Å². The van der Waals surface area contributed by atoms with E-state index in [2.05, 4.69) is 19.2 Å². The number of nitrogens with one attached hydrogen (secondary N) is 1. The van der Waals surface area contributed by atoms with Crippen LogP contribution in [-0.4, -0.2) is 28.4 Å². The van der Waals surface area contributed by atoms with Crippen LogP contribution in [0.4, 0.5) is 4.39 Å². The average Bonchev–Trinajstić information content (AvgIpc) is 2.74. The molecule has 4 aliphatic rings. The molecule has 4 bridgehead atoms. The van der Waals surface area contributed by atoms with E-state index in [1.807, 2.05) is 0 Å². The van der Waals surface area contributed by atoms with Crippen LogP contribution in [0, 0.1) is 29.5 Å². The van der Waals surface area contributed by atoms with Gasteiger partial charge in [-0.2, -0.15) is 0 Å². The first-order chi connectivity index (χ1) is 15.7. The van der Waals surface area contributed by atoms with Gasteiger partial charge in [0.05, 0.1) is 11.2 Å². The highest BCUT2D eigenvalue weighted by atomic mass is 19.1. The lowest BCUT2D eigenvalue weighted by Crippen LogP contribution is -2.61.